The Morgan fingerprint density at radius 1 is 1.47 bits per heavy atom. The first kappa shape index (κ1) is 14.2. The van der Waals surface area contributed by atoms with Gasteiger partial charge in [-0.25, -0.2) is 0 Å². The molecule has 0 radical (unpaired) electrons. The Hall–Kier alpha value is -0.870. The standard InChI is InChI=1S/C13H19BrN2O/c1-9(16-12(17)13(2,3)15)8-10-6-4-5-7-11(10)14/h4-7,9H,8,15H2,1-3H3,(H,16,17). The summed E-state index contributed by atoms with van der Waals surface area (Å²) in [5.41, 5.74) is 6.07. The second kappa shape index (κ2) is 5.65. The summed E-state index contributed by atoms with van der Waals surface area (Å²) in [6, 6.07) is 8.06. The van der Waals surface area contributed by atoms with Crippen LogP contribution in [0, 0.1) is 0 Å². The number of hydrogen-bond donors (Lipinski definition) is 2. The second-order valence-electron chi connectivity index (χ2n) is 4.89. The van der Waals surface area contributed by atoms with E-state index >= 15 is 0 Å². The van der Waals surface area contributed by atoms with E-state index in [1.165, 1.54) is 5.56 Å². The van der Waals surface area contributed by atoms with Gasteiger partial charge < -0.3 is 11.1 Å². The van der Waals surface area contributed by atoms with E-state index in [4.69, 9.17) is 5.73 Å². The zero-order valence-electron chi connectivity index (χ0n) is 10.5. The first-order chi connectivity index (χ1) is 7.80. The zero-order valence-corrected chi connectivity index (χ0v) is 12.0. The van der Waals surface area contributed by atoms with Gasteiger partial charge in [0.15, 0.2) is 0 Å². The molecule has 3 nitrogen and oxygen atoms in total. The molecule has 0 fully saturated rings. The van der Waals surface area contributed by atoms with Crippen LogP contribution in [-0.2, 0) is 11.2 Å². The summed E-state index contributed by atoms with van der Waals surface area (Å²) in [4.78, 5) is 11.7. The fourth-order valence-electron chi connectivity index (χ4n) is 1.45. The monoisotopic (exact) mass is 298 g/mol. The first-order valence-corrected chi connectivity index (χ1v) is 6.43. The molecule has 0 bridgehead atoms. The second-order valence-corrected chi connectivity index (χ2v) is 5.75. The molecule has 1 aromatic carbocycles. The van der Waals surface area contributed by atoms with Crippen LogP contribution in [0.4, 0.5) is 0 Å². The zero-order chi connectivity index (χ0) is 13.1. The summed E-state index contributed by atoms with van der Waals surface area (Å²) in [5.74, 6) is -0.128. The van der Waals surface area contributed by atoms with E-state index in [-0.39, 0.29) is 11.9 Å². The van der Waals surface area contributed by atoms with Crippen molar-refractivity contribution in [3.8, 4) is 0 Å². The van der Waals surface area contributed by atoms with Crippen LogP contribution in [0.15, 0.2) is 28.7 Å². The normalized spacial score (nSPS) is 13.2. The fraction of sp³-hybridized carbons (Fsp3) is 0.462. The van der Waals surface area contributed by atoms with Gasteiger partial charge in [0.1, 0.15) is 0 Å². The maximum absolute atomic E-state index is 11.7. The highest BCUT2D eigenvalue weighted by Crippen LogP contribution is 2.17. The van der Waals surface area contributed by atoms with Crippen molar-refractivity contribution in [3.05, 3.63) is 34.3 Å². The van der Waals surface area contributed by atoms with Crippen LogP contribution < -0.4 is 11.1 Å². The molecule has 3 N–H and O–H groups in total. The molecular weight excluding hydrogens is 280 g/mol. The highest BCUT2D eigenvalue weighted by atomic mass is 79.9. The lowest BCUT2D eigenvalue weighted by Gasteiger charge is -2.22. The van der Waals surface area contributed by atoms with Crippen molar-refractivity contribution in [1.29, 1.82) is 0 Å². The SMILES string of the molecule is CC(Cc1ccccc1Br)NC(=O)C(C)(C)N. The number of nitrogens with one attached hydrogen (secondary N) is 1. The van der Waals surface area contributed by atoms with Gasteiger partial charge in [-0.1, -0.05) is 34.1 Å². The third kappa shape index (κ3) is 4.48. The van der Waals surface area contributed by atoms with Gasteiger partial charge in [0, 0.05) is 10.5 Å². The van der Waals surface area contributed by atoms with E-state index in [2.05, 4.69) is 21.2 Å². The van der Waals surface area contributed by atoms with Gasteiger partial charge in [0.25, 0.3) is 0 Å². The number of hydrogen-bond acceptors (Lipinski definition) is 2. The van der Waals surface area contributed by atoms with E-state index in [1.807, 2.05) is 31.2 Å². The maximum Gasteiger partial charge on any atom is 0.239 e. The van der Waals surface area contributed by atoms with Crippen LogP contribution in [0.1, 0.15) is 26.3 Å². The molecule has 0 spiro atoms. The van der Waals surface area contributed by atoms with E-state index in [0.29, 0.717) is 0 Å². The number of halogens is 1. The molecule has 1 unspecified atom stereocenters. The molecule has 1 amide bonds. The molecule has 0 saturated carbocycles. The van der Waals surface area contributed by atoms with Gasteiger partial charge in [-0.15, -0.1) is 0 Å². The van der Waals surface area contributed by atoms with Crippen LogP contribution >= 0.6 is 15.9 Å². The van der Waals surface area contributed by atoms with Crippen molar-refractivity contribution in [2.45, 2.75) is 38.8 Å². The molecule has 0 aliphatic carbocycles. The Balaban J connectivity index is 2.59. The Morgan fingerprint density at radius 2 is 2.06 bits per heavy atom. The molecular formula is C13H19BrN2O. The van der Waals surface area contributed by atoms with Gasteiger partial charge in [-0.3, -0.25) is 4.79 Å². The van der Waals surface area contributed by atoms with Gasteiger partial charge in [0.05, 0.1) is 5.54 Å². The molecule has 17 heavy (non-hydrogen) atoms. The van der Waals surface area contributed by atoms with Gasteiger partial charge in [-0.2, -0.15) is 0 Å². The van der Waals surface area contributed by atoms with Crippen molar-refractivity contribution in [1.82, 2.24) is 5.32 Å². The topological polar surface area (TPSA) is 55.1 Å². The van der Waals surface area contributed by atoms with Crippen molar-refractivity contribution >= 4 is 21.8 Å². The lowest BCUT2D eigenvalue weighted by molar-refractivity contribution is -0.125. The first-order valence-electron chi connectivity index (χ1n) is 5.64. The smallest absolute Gasteiger partial charge is 0.239 e. The number of rotatable bonds is 4. The van der Waals surface area contributed by atoms with Crippen molar-refractivity contribution in [2.24, 2.45) is 5.73 Å². The minimum Gasteiger partial charge on any atom is -0.352 e. The molecule has 1 rings (SSSR count). The quantitative estimate of drug-likeness (QED) is 0.896. The molecule has 0 aliphatic rings. The molecule has 94 valence electrons. The predicted molar refractivity (Wildman–Crippen MR) is 73.7 cm³/mol. The van der Waals surface area contributed by atoms with E-state index in [0.717, 1.165) is 10.9 Å². The number of carbonyl (C=O) groups excluding carboxylic acids is 1. The third-order valence-corrected chi connectivity index (χ3v) is 3.22. The maximum atomic E-state index is 11.7. The summed E-state index contributed by atoms with van der Waals surface area (Å²) in [6.07, 6.45) is 0.781. The van der Waals surface area contributed by atoms with Crippen molar-refractivity contribution < 1.29 is 4.79 Å². The lowest BCUT2D eigenvalue weighted by atomic mass is 10.0. The largest absolute Gasteiger partial charge is 0.352 e. The van der Waals surface area contributed by atoms with Gasteiger partial charge in [0.2, 0.25) is 5.91 Å². The average Bonchev–Trinajstić information content (AvgIpc) is 2.20. The summed E-state index contributed by atoms with van der Waals surface area (Å²) < 4.78 is 1.06. The Bertz CT molecular complexity index is 399. The number of nitrogens with two attached hydrogens (primary N) is 1. The summed E-state index contributed by atoms with van der Waals surface area (Å²) in [5, 5.41) is 2.91. The summed E-state index contributed by atoms with van der Waals surface area (Å²) >= 11 is 3.49. The Labute approximate surface area is 111 Å². The molecule has 0 aromatic heterocycles. The van der Waals surface area contributed by atoms with E-state index in [9.17, 15) is 4.79 Å². The highest BCUT2D eigenvalue weighted by molar-refractivity contribution is 9.10. The van der Waals surface area contributed by atoms with Crippen LogP contribution in [0.25, 0.3) is 0 Å². The number of carbonyl (C=O) groups is 1. The van der Waals surface area contributed by atoms with Crippen LogP contribution in [0.2, 0.25) is 0 Å². The summed E-state index contributed by atoms with van der Waals surface area (Å²) in [6.45, 7) is 5.38. The highest BCUT2D eigenvalue weighted by Gasteiger charge is 2.23. The Morgan fingerprint density at radius 3 is 2.59 bits per heavy atom. The van der Waals surface area contributed by atoms with Crippen LogP contribution in [-0.4, -0.2) is 17.5 Å². The summed E-state index contributed by atoms with van der Waals surface area (Å²) in [7, 11) is 0. The van der Waals surface area contributed by atoms with Crippen LogP contribution in [0.3, 0.4) is 0 Å². The Kier molecular flexibility index (Phi) is 4.71. The molecule has 4 heteroatoms. The van der Waals surface area contributed by atoms with Crippen molar-refractivity contribution in [2.75, 3.05) is 0 Å². The average molecular weight is 299 g/mol. The lowest BCUT2D eigenvalue weighted by Crippen LogP contribution is -2.51. The minimum absolute atomic E-state index is 0.0593. The third-order valence-electron chi connectivity index (χ3n) is 2.45. The van der Waals surface area contributed by atoms with E-state index in [1.54, 1.807) is 13.8 Å². The molecule has 0 aliphatic heterocycles. The predicted octanol–water partition coefficient (Wildman–Crippen LogP) is 2.23. The minimum atomic E-state index is -0.831. The number of benzene rings is 1. The molecule has 0 saturated heterocycles. The van der Waals surface area contributed by atoms with Gasteiger partial charge >= 0.3 is 0 Å². The molecule has 1 aromatic rings. The van der Waals surface area contributed by atoms with Crippen LogP contribution in [0.5, 0.6) is 0 Å². The number of amides is 1. The van der Waals surface area contributed by atoms with Gasteiger partial charge in [-0.05, 0) is 38.8 Å². The van der Waals surface area contributed by atoms with E-state index < -0.39 is 5.54 Å². The molecule has 1 atom stereocenters. The van der Waals surface area contributed by atoms with Crippen molar-refractivity contribution in [3.63, 3.8) is 0 Å². The molecule has 0 heterocycles. The fourth-order valence-corrected chi connectivity index (χ4v) is 1.90.